The lowest BCUT2D eigenvalue weighted by Gasteiger charge is -2.26. The molecule has 1 aromatic carbocycles. The third-order valence-electron chi connectivity index (χ3n) is 4.04. The molecule has 0 aliphatic rings. The highest BCUT2D eigenvalue weighted by Crippen LogP contribution is 2.12. The number of halogens is 1. The minimum absolute atomic E-state index is 0.629. The number of rotatable bonds is 12. The molecule has 1 rings (SSSR count). The quantitative estimate of drug-likeness (QED) is 0.328. The summed E-state index contributed by atoms with van der Waals surface area (Å²) in [5.74, 6) is 0. The summed E-state index contributed by atoms with van der Waals surface area (Å²) < 4.78 is 0. The molecule has 0 saturated carbocycles. The Hall–Kier alpha value is -0.340. The highest BCUT2D eigenvalue weighted by atomic mass is 79.9. The first-order valence-electron chi connectivity index (χ1n) is 8.58. The highest BCUT2D eigenvalue weighted by Gasteiger charge is 2.09. The third-order valence-corrected chi connectivity index (χ3v) is 4.60. The van der Waals surface area contributed by atoms with E-state index in [1.807, 2.05) is 0 Å². The lowest BCUT2D eigenvalue weighted by molar-refractivity contribution is 0.208. The van der Waals surface area contributed by atoms with E-state index in [0.717, 1.165) is 11.9 Å². The van der Waals surface area contributed by atoms with E-state index in [0.29, 0.717) is 6.04 Å². The second kappa shape index (κ2) is 12.2. The standard InChI is InChI=1S/C19H32BrN/c1-18(2)21(17-19-13-9-8-10-14-19)16-12-7-5-3-4-6-11-15-20/h8-10,13-14,18H,3-7,11-12,15-17H2,1-2H3. The Morgan fingerprint density at radius 1 is 0.857 bits per heavy atom. The maximum atomic E-state index is 3.49. The first-order valence-corrected chi connectivity index (χ1v) is 9.70. The molecule has 0 aromatic heterocycles. The molecule has 0 unspecified atom stereocenters. The van der Waals surface area contributed by atoms with Crippen LogP contribution in [-0.2, 0) is 6.54 Å². The van der Waals surface area contributed by atoms with E-state index in [1.54, 1.807) is 0 Å². The van der Waals surface area contributed by atoms with Crippen LogP contribution in [-0.4, -0.2) is 22.8 Å². The van der Waals surface area contributed by atoms with Crippen molar-refractivity contribution in [1.29, 1.82) is 0 Å². The Labute approximate surface area is 140 Å². The summed E-state index contributed by atoms with van der Waals surface area (Å²) in [6.45, 7) is 6.93. The Kier molecular flexibility index (Phi) is 10.9. The SMILES string of the molecule is CC(C)N(CCCCCCCCCBr)Cc1ccccc1. The Morgan fingerprint density at radius 2 is 1.43 bits per heavy atom. The van der Waals surface area contributed by atoms with Gasteiger partial charge < -0.3 is 0 Å². The third kappa shape index (κ3) is 9.31. The first kappa shape index (κ1) is 18.7. The molecule has 0 heterocycles. The van der Waals surface area contributed by atoms with Gasteiger partial charge in [0.2, 0.25) is 0 Å². The lowest BCUT2D eigenvalue weighted by atomic mass is 10.1. The summed E-state index contributed by atoms with van der Waals surface area (Å²) in [6.07, 6.45) is 9.65. The monoisotopic (exact) mass is 353 g/mol. The summed E-state index contributed by atoms with van der Waals surface area (Å²) in [5.41, 5.74) is 1.43. The molecule has 0 spiro atoms. The lowest BCUT2D eigenvalue weighted by Crippen LogP contribution is -2.31. The van der Waals surface area contributed by atoms with E-state index < -0.39 is 0 Å². The normalized spacial score (nSPS) is 11.5. The minimum Gasteiger partial charge on any atom is -0.297 e. The molecule has 0 amide bonds. The number of unbranched alkanes of at least 4 members (excludes halogenated alkanes) is 6. The fraction of sp³-hybridized carbons (Fsp3) is 0.684. The number of hydrogen-bond donors (Lipinski definition) is 0. The zero-order valence-electron chi connectivity index (χ0n) is 13.9. The van der Waals surface area contributed by atoms with Crippen LogP contribution in [0.4, 0.5) is 0 Å². The minimum atomic E-state index is 0.629. The molecular formula is C19H32BrN. The van der Waals surface area contributed by atoms with Crippen molar-refractivity contribution in [3.05, 3.63) is 35.9 Å². The summed E-state index contributed by atoms with van der Waals surface area (Å²) >= 11 is 3.49. The van der Waals surface area contributed by atoms with Gasteiger partial charge in [-0.05, 0) is 38.8 Å². The van der Waals surface area contributed by atoms with Gasteiger partial charge in [-0.1, -0.05) is 78.4 Å². The van der Waals surface area contributed by atoms with E-state index in [4.69, 9.17) is 0 Å². The van der Waals surface area contributed by atoms with Gasteiger partial charge in [-0.15, -0.1) is 0 Å². The largest absolute Gasteiger partial charge is 0.297 e. The van der Waals surface area contributed by atoms with Gasteiger partial charge in [0.1, 0.15) is 0 Å². The van der Waals surface area contributed by atoms with Gasteiger partial charge in [-0.25, -0.2) is 0 Å². The van der Waals surface area contributed by atoms with Gasteiger partial charge in [0, 0.05) is 17.9 Å². The summed E-state index contributed by atoms with van der Waals surface area (Å²) in [4.78, 5) is 2.60. The Morgan fingerprint density at radius 3 is 2.00 bits per heavy atom. The fourth-order valence-corrected chi connectivity index (χ4v) is 3.03. The smallest absolute Gasteiger partial charge is 0.0236 e. The Bertz CT molecular complexity index is 337. The fourth-order valence-electron chi connectivity index (χ4n) is 2.63. The molecule has 120 valence electrons. The second-order valence-corrected chi connectivity index (χ2v) is 7.01. The van der Waals surface area contributed by atoms with Crippen LogP contribution in [0.15, 0.2) is 30.3 Å². The summed E-state index contributed by atoms with van der Waals surface area (Å²) in [6, 6.07) is 11.5. The molecule has 1 nitrogen and oxygen atoms in total. The first-order chi connectivity index (χ1) is 10.2. The van der Waals surface area contributed by atoms with Gasteiger partial charge in [0.25, 0.3) is 0 Å². The number of benzene rings is 1. The van der Waals surface area contributed by atoms with Gasteiger partial charge in [-0.3, -0.25) is 4.90 Å². The van der Waals surface area contributed by atoms with E-state index in [2.05, 4.69) is 65.0 Å². The van der Waals surface area contributed by atoms with Crippen molar-refractivity contribution in [2.45, 2.75) is 71.4 Å². The average molecular weight is 354 g/mol. The van der Waals surface area contributed by atoms with Crippen molar-refractivity contribution in [3.8, 4) is 0 Å². The number of nitrogens with zero attached hydrogens (tertiary/aromatic N) is 1. The maximum absolute atomic E-state index is 3.49. The molecule has 2 heteroatoms. The van der Waals surface area contributed by atoms with Gasteiger partial charge in [0.15, 0.2) is 0 Å². The molecule has 0 N–H and O–H groups in total. The van der Waals surface area contributed by atoms with Crippen molar-refractivity contribution in [2.24, 2.45) is 0 Å². The molecule has 0 bridgehead atoms. The molecule has 0 aliphatic carbocycles. The zero-order chi connectivity index (χ0) is 15.3. The van der Waals surface area contributed by atoms with E-state index in [-0.39, 0.29) is 0 Å². The van der Waals surface area contributed by atoms with Crippen LogP contribution in [0.1, 0.15) is 64.4 Å². The van der Waals surface area contributed by atoms with E-state index >= 15 is 0 Å². The van der Waals surface area contributed by atoms with Crippen LogP contribution in [0.5, 0.6) is 0 Å². The predicted octanol–water partition coefficient (Wildman–Crippen LogP) is 6.02. The highest BCUT2D eigenvalue weighted by molar-refractivity contribution is 9.09. The molecule has 21 heavy (non-hydrogen) atoms. The average Bonchev–Trinajstić information content (AvgIpc) is 2.49. The van der Waals surface area contributed by atoms with Crippen molar-refractivity contribution >= 4 is 15.9 Å². The van der Waals surface area contributed by atoms with Crippen LogP contribution >= 0.6 is 15.9 Å². The van der Waals surface area contributed by atoms with Crippen LogP contribution in [0.3, 0.4) is 0 Å². The van der Waals surface area contributed by atoms with Crippen LogP contribution in [0.25, 0.3) is 0 Å². The predicted molar refractivity (Wildman–Crippen MR) is 98.1 cm³/mol. The molecular weight excluding hydrogens is 322 g/mol. The molecule has 0 atom stereocenters. The van der Waals surface area contributed by atoms with Crippen molar-refractivity contribution in [1.82, 2.24) is 4.90 Å². The molecule has 0 fully saturated rings. The van der Waals surface area contributed by atoms with E-state index in [9.17, 15) is 0 Å². The topological polar surface area (TPSA) is 3.24 Å². The van der Waals surface area contributed by atoms with Crippen molar-refractivity contribution in [3.63, 3.8) is 0 Å². The second-order valence-electron chi connectivity index (χ2n) is 6.21. The van der Waals surface area contributed by atoms with Crippen LogP contribution < -0.4 is 0 Å². The zero-order valence-corrected chi connectivity index (χ0v) is 15.4. The van der Waals surface area contributed by atoms with Crippen LogP contribution in [0.2, 0.25) is 0 Å². The molecule has 0 aliphatic heterocycles. The van der Waals surface area contributed by atoms with Gasteiger partial charge >= 0.3 is 0 Å². The van der Waals surface area contributed by atoms with Gasteiger partial charge in [-0.2, -0.15) is 0 Å². The summed E-state index contributed by atoms with van der Waals surface area (Å²) in [5, 5.41) is 1.16. The van der Waals surface area contributed by atoms with Crippen molar-refractivity contribution < 1.29 is 0 Å². The summed E-state index contributed by atoms with van der Waals surface area (Å²) in [7, 11) is 0. The van der Waals surface area contributed by atoms with Gasteiger partial charge in [0.05, 0.1) is 0 Å². The van der Waals surface area contributed by atoms with E-state index in [1.165, 1.54) is 57.1 Å². The maximum Gasteiger partial charge on any atom is 0.0236 e. The number of alkyl halides is 1. The van der Waals surface area contributed by atoms with Crippen LogP contribution in [0, 0.1) is 0 Å². The molecule has 0 saturated heterocycles. The molecule has 1 aromatic rings. The Balaban J connectivity index is 2.14. The number of hydrogen-bond acceptors (Lipinski definition) is 1. The van der Waals surface area contributed by atoms with Crippen molar-refractivity contribution in [2.75, 3.05) is 11.9 Å². The molecule has 0 radical (unpaired) electrons.